The molecule has 2 aliphatic heterocycles. The Labute approximate surface area is 152 Å². The van der Waals surface area contributed by atoms with Crippen molar-refractivity contribution in [2.75, 3.05) is 24.5 Å². The molecule has 5 nitrogen and oxygen atoms in total. The number of carbonyl (C=O) groups excluding carboxylic acids is 1. The van der Waals surface area contributed by atoms with E-state index in [4.69, 9.17) is 11.6 Å². The number of fused-ring (bicyclic) bond motifs is 1. The van der Waals surface area contributed by atoms with E-state index in [0.717, 1.165) is 48.7 Å². The molecule has 2 aromatic heterocycles. The zero-order chi connectivity index (χ0) is 17.4. The van der Waals surface area contributed by atoms with Crippen LogP contribution < -0.4 is 4.90 Å². The van der Waals surface area contributed by atoms with Crippen LogP contribution in [0, 0.1) is 12.8 Å². The lowest BCUT2D eigenvalue weighted by Gasteiger charge is -2.41. The van der Waals surface area contributed by atoms with Crippen molar-refractivity contribution < 1.29 is 4.79 Å². The normalized spacial score (nSPS) is 17.2. The van der Waals surface area contributed by atoms with E-state index in [0.29, 0.717) is 24.0 Å². The largest absolute Gasteiger partial charge is 0.356 e. The van der Waals surface area contributed by atoms with Gasteiger partial charge < -0.3 is 9.80 Å². The SMILES string of the molecule is Cc1cc(Cl)nc2c1CN(C(=O)CC1CN(c3ccccn3)C1)CC2. The van der Waals surface area contributed by atoms with Crippen LogP contribution in [0.5, 0.6) is 0 Å². The molecule has 6 heteroatoms. The van der Waals surface area contributed by atoms with Gasteiger partial charge >= 0.3 is 0 Å². The molecule has 4 rings (SSSR count). The Kier molecular flexibility index (Phi) is 4.34. The van der Waals surface area contributed by atoms with Crippen LogP contribution in [0.4, 0.5) is 5.82 Å². The van der Waals surface area contributed by atoms with Crippen molar-refractivity contribution in [1.29, 1.82) is 0 Å². The third kappa shape index (κ3) is 3.33. The summed E-state index contributed by atoms with van der Waals surface area (Å²) in [6, 6.07) is 7.81. The number of rotatable bonds is 3. The molecule has 2 aromatic rings. The molecular weight excluding hydrogens is 336 g/mol. The first-order valence-electron chi connectivity index (χ1n) is 8.69. The van der Waals surface area contributed by atoms with Gasteiger partial charge in [0, 0.05) is 56.8 Å². The number of hydrogen-bond acceptors (Lipinski definition) is 4. The average Bonchev–Trinajstić information content (AvgIpc) is 2.58. The fraction of sp³-hybridized carbons (Fsp3) is 0.421. The minimum absolute atomic E-state index is 0.241. The van der Waals surface area contributed by atoms with Gasteiger partial charge in [0.05, 0.1) is 0 Å². The molecule has 0 spiro atoms. The maximum Gasteiger partial charge on any atom is 0.223 e. The van der Waals surface area contributed by atoms with Gasteiger partial charge in [0.25, 0.3) is 0 Å². The van der Waals surface area contributed by atoms with Crippen LogP contribution in [0.2, 0.25) is 5.15 Å². The molecule has 0 aliphatic carbocycles. The number of amides is 1. The molecule has 25 heavy (non-hydrogen) atoms. The van der Waals surface area contributed by atoms with Crippen LogP contribution in [0.1, 0.15) is 23.2 Å². The summed E-state index contributed by atoms with van der Waals surface area (Å²) in [6.45, 7) is 5.24. The van der Waals surface area contributed by atoms with Crippen molar-refractivity contribution in [3.8, 4) is 0 Å². The summed E-state index contributed by atoms with van der Waals surface area (Å²) in [7, 11) is 0. The first kappa shape index (κ1) is 16.3. The highest BCUT2D eigenvalue weighted by Gasteiger charge is 2.32. The molecule has 1 fully saturated rings. The Morgan fingerprint density at radius 1 is 1.36 bits per heavy atom. The van der Waals surface area contributed by atoms with E-state index in [1.165, 1.54) is 0 Å². The monoisotopic (exact) mass is 356 g/mol. The molecule has 0 radical (unpaired) electrons. The highest BCUT2D eigenvalue weighted by Crippen LogP contribution is 2.27. The van der Waals surface area contributed by atoms with Gasteiger partial charge in [-0.05, 0) is 36.2 Å². The summed E-state index contributed by atoms with van der Waals surface area (Å²) in [5.74, 6) is 1.66. The number of hydrogen-bond donors (Lipinski definition) is 0. The van der Waals surface area contributed by atoms with E-state index in [1.807, 2.05) is 42.3 Å². The van der Waals surface area contributed by atoms with E-state index in [1.54, 1.807) is 0 Å². The lowest BCUT2D eigenvalue weighted by atomic mass is 9.94. The smallest absolute Gasteiger partial charge is 0.223 e. The molecule has 1 amide bonds. The summed E-state index contributed by atoms with van der Waals surface area (Å²) >= 11 is 6.04. The lowest BCUT2D eigenvalue weighted by Crippen LogP contribution is -2.49. The summed E-state index contributed by atoms with van der Waals surface area (Å²) in [5.41, 5.74) is 3.32. The number of anilines is 1. The van der Waals surface area contributed by atoms with Gasteiger partial charge in [0.15, 0.2) is 0 Å². The fourth-order valence-corrected chi connectivity index (χ4v) is 3.94. The van der Waals surface area contributed by atoms with Crippen molar-refractivity contribution in [3.63, 3.8) is 0 Å². The van der Waals surface area contributed by atoms with Gasteiger partial charge in [0.1, 0.15) is 11.0 Å². The van der Waals surface area contributed by atoms with Gasteiger partial charge in [0.2, 0.25) is 5.91 Å². The Morgan fingerprint density at radius 2 is 2.20 bits per heavy atom. The van der Waals surface area contributed by atoms with Gasteiger partial charge in [-0.3, -0.25) is 4.79 Å². The van der Waals surface area contributed by atoms with Crippen LogP contribution in [0.3, 0.4) is 0 Å². The molecule has 0 atom stereocenters. The van der Waals surface area contributed by atoms with Crippen molar-refractivity contribution in [2.45, 2.75) is 26.3 Å². The second kappa shape index (κ2) is 6.64. The van der Waals surface area contributed by atoms with Gasteiger partial charge in [-0.25, -0.2) is 9.97 Å². The van der Waals surface area contributed by atoms with Gasteiger partial charge in [-0.1, -0.05) is 17.7 Å². The summed E-state index contributed by atoms with van der Waals surface area (Å²) in [5, 5.41) is 0.542. The van der Waals surface area contributed by atoms with E-state index >= 15 is 0 Å². The first-order valence-corrected chi connectivity index (χ1v) is 9.06. The quantitative estimate of drug-likeness (QED) is 0.793. The Balaban J connectivity index is 1.34. The van der Waals surface area contributed by atoms with Gasteiger partial charge in [-0.2, -0.15) is 0 Å². The molecular formula is C19H21ClN4O. The third-order valence-corrected chi connectivity index (χ3v) is 5.31. The van der Waals surface area contributed by atoms with E-state index < -0.39 is 0 Å². The summed E-state index contributed by atoms with van der Waals surface area (Å²) in [4.78, 5) is 25.6. The number of aromatic nitrogens is 2. The van der Waals surface area contributed by atoms with E-state index in [-0.39, 0.29) is 5.91 Å². The zero-order valence-corrected chi connectivity index (χ0v) is 15.0. The number of carbonyl (C=O) groups is 1. The van der Waals surface area contributed by atoms with Crippen LogP contribution in [0.15, 0.2) is 30.5 Å². The predicted molar refractivity (Wildman–Crippen MR) is 97.7 cm³/mol. The minimum Gasteiger partial charge on any atom is -0.356 e. The molecule has 0 N–H and O–H groups in total. The topological polar surface area (TPSA) is 49.3 Å². The Hall–Kier alpha value is -2.14. The second-order valence-electron chi connectivity index (χ2n) is 6.92. The van der Waals surface area contributed by atoms with Crippen LogP contribution >= 0.6 is 11.6 Å². The Bertz CT molecular complexity index is 790. The van der Waals surface area contributed by atoms with E-state index in [2.05, 4.69) is 14.9 Å². The van der Waals surface area contributed by atoms with Crippen LogP contribution in [0.25, 0.3) is 0 Å². The first-order chi connectivity index (χ1) is 12.1. The minimum atomic E-state index is 0.241. The number of pyridine rings is 2. The highest BCUT2D eigenvalue weighted by atomic mass is 35.5. The molecule has 4 heterocycles. The lowest BCUT2D eigenvalue weighted by molar-refractivity contribution is -0.133. The zero-order valence-electron chi connectivity index (χ0n) is 14.3. The van der Waals surface area contributed by atoms with Crippen molar-refractivity contribution in [2.24, 2.45) is 5.92 Å². The fourth-order valence-electron chi connectivity index (χ4n) is 3.67. The maximum atomic E-state index is 12.7. The van der Waals surface area contributed by atoms with Crippen LogP contribution in [-0.2, 0) is 17.8 Å². The summed E-state index contributed by atoms with van der Waals surface area (Å²) in [6.07, 6.45) is 3.20. The molecule has 0 saturated carbocycles. The van der Waals surface area contributed by atoms with Crippen LogP contribution in [-0.4, -0.2) is 40.4 Å². The molecule has 1 saturated heterocycles. The van der Waals surface area contributed by atoms with E-state index in [9.17, 15) is 4.79 Å². The number of aryl methyl sites for hydroxylation is 1. The third-order valence-electron chi connectivity index (χ3n) is 5.12. The number of halogens is 1. The molecule has 0 unspecified atom stereocenters. The van der Waals surface area contributed by atoms with Crippen molar-refractivity contribution in [1.82, 2.24) is 14.9 Å². The second-order valence-corrected chi connectivity index (χ2v) is 7.30. The molecule has 130 valence electrons. The van der Waals surface area contributed by atoms with Crippen molar-refractivity contribution in [3.05, 3.63) is 52.4 Å². The van der Waals surface area contributed by atoms with Crippen molar-refractivity contribution >= 4 is 23.3 Å². The standard InChI is InChI=1S/C19H21ClN4O/c1-13-8-17(20)22-16-5-7-23(12-15(13)16)19(25)9-14-10-24(11-14)18-4-2-3-6-21-18/h2-4,6,8,14H,5,7,9-12H2,1H3. The molecule has 0 bridgehead atoms. The molecule has 2 aliphatic rings. The predicted octanol–water partition coefficient (Wildman–Crippen LogP) is 2.85. The average molecular weight is 357 g/mol. The van der Waals surface area contributed by atoms with Gasteiger partial charge in [-0.15, -0.1) is 0 Å². The highest BCUT2D eigenvalue weighted by molar-refractivity contribution is 6.29. The number of nitrogens with zero attached hydrogens (tertiary/aromatic N) is 4. The summed E-state index contributed by atoms with van der Waals surface area (Å²) < 4.78 is 0. The molecule has 0 aromatic carbocycles. The Morgan fingerprint density at radius 3 is 2.96 bits per heavy atom. The maximum absolute atomic E-state index is 12.7.